The summed E-state index contributed by atoms with van der Waals surface area (Å²) < 4.78 is 0. The van der Waals surface area contributed by atoms with Crippen molar-refractivity contribution < 1.29 is 9.59 Å². The molecular weight excluding hydrogens is 444 g/mol. The molecule has 0 saturated heterocycles. The Kier molecular flexibility index (Phi) is 9.32. The molecule has 188 valence electrons. The zero-order valence-corrected chi connectivity index (χ0v) is 21.4. The highest BCUT2D eigenvalue weighted by molar-refractivity contribution is 5.88. The molecule has 1 aliphatic rings. The van der Waals surface area contributed by atoms with E-state index in [1.165, 1.54) is 6.42 Å². The molecule has 4 rings (SSSR count). The van der Waals surface area contributed by atoms with Gasteiger partial charge in [0.05, 0.1) is 0 Å². The van der Waals surface area contributed by atoms with Gasteiger partial charge in [0.1, 0.15) is 6.04 Å². The van der Waals surface area contributed by atoms with Crippen molar-refractivity contribution in [3.8, 4) is 0 Å². The van der Waals surface area contributed by atoms with E-state index in [1.54, 1.807) is 0 Å². The highest BCUT2D eigenvalue weighted by Gasteiger charge is 2.32. The van der Waals surface area contributed by atoms with Crippen molar-refractivity contribution in [3.63, 3.8) is 0 Å². The number of hydrogen-bond donors (Lipinski definition) is 1. The maximum Gasteiger partial charge on any atom is 0.243 e. The number of benzene rings is 3. The van der Waals surface area contributed by atoms with Gasteiger partial charge in [0.15, 0.2) is 0 Å². The summed E-state index contributed by atoms with van der Waals surface area (Å²) in [7, 11) is 0. The number of hydrogen-bond acceptors (Lipinski definition) is 2. The molecular formula is C32H38N2O2. The summed E-state index contributed by atoms with van der Waals surface area (Å²) in [5.41, 5.74) is 4.40. The van der Waals surface area contributed by atoms with Crippen LogP contribution in [-0.2, 0) is 29.0 Å². The third-order valence-electron chi connectivity index (χ3n) is 7.29. The summed E-state index contributed by atoms with van der Waals surface area (Å²) in [5, 5.41) is 3.32. The summed E-state index contributed by atoms with van der Waals surface area (Å²) in [6.45, 7) is 2.49. The lowest BCUT2D eigenvalue weighted by Crippen LogP contribution is -2.53. The highest BCUT2D eigenvalue weighted by Crippen LogP contribution is 2.21. The Morgan fingerprint density at radius 3 is 2.11 bits per heavy atom. The quantitative estimate of drug-likeness (QED) is 0.384. The number of carbonyl (C=O) groups is 2. The van der Waals surface area contributed by atoms with Crippen LogP contribution in [0.25, 0.3) is 0 Å². The maximum absolute atomic E-state index is 13.8. The molecule has 1 aliphatic carbocycles. The van der Waals surface area contributed by atoms with Gasteiger partial charge in [0, 0.05) is 25.4 Å². The van der Waals surface area contributed by atoms with Crippen molar-refractivity contribution in [2.45, 2.75) is 76.9 Å². The Labute approximate surface area is 215 Å². The minimum Gasteiger partial charge on any atom is -0.352 e. The van der Waals surface area contributed by atoms with Gasteiger partial charge in [-0.25, -0.2) is 0 Å². The Morgan fingerprint density at radius 2 is 1.44 bits per heavy atom. The van der Waals surface area contributed by atoms with E-state index in [-0.39, 0.29) is 17.9 Å². The molecule has 0 aliphatic heterocycles. The van der Waals surface area contributed by atoms with Gasteiger partial charge in [-0.3, -0.25) is 9.59 Å². The van der Waals surface area contributed by atoms with Crippen LogP contribution < -0.4 is 5.32 Å². The zero-order chi connectivity index (χ0) is 25.2. The first-order valence-corrected chi connectivity index (χ1v) is 13.3. The highest BCUT2D eigenvalue weighted by atomic mass is 16.2. The number of aryl methyl sites for hydroxylation is 2. The summed E-state index contributed by atoms with van der Waals surface area (Å²) in [6.07, 6.45) is 7.10. The van der Waals surface area contributed by atoms with Crippen LogP contribution >= 0.6 is 0 Å². The standard InChI is InChI=1S/C32H38N2O2/c1-25-13-11-12-18-28(25)24-34(31(35)22-21-26-14-5-2-6-15-26)30(23-27-16-7-3-8-17-27)32(36)33-29-19-9-4-10-20-29/h2-3,5-8,11-18,29-30H,4,9-10,19-24H2,1H3,(H,33,36)/t30-/m1/s1. The van der Waals surface area contributed by atoms with E-state index >= 15 is 0 Å². The topological polar surface area (TPSA) is 49.4 Å². The van der Waals surface area contributed by atoms with Gasteiger partial charge in [-0.2, -0.15) is 0 Å². The van der Waals surface area contributed by atoms with Crippen LogP contribution in [0.1, 0.15) is 60.8 Å². The normalized spacial score (nSPS) is 14.7. The van der Waals surface area contributed by atoms with E-state index in [4.69, 9.17) is 0 Å². The van der Waals surface area contributed by atoms with Crippen molar-refractivity contribution >= 4 is 11.8 Å². The van der Waals surface area contributed by atoms with E-state index in [1.807, 2.05) is 65.6 Å². The van der Waals surface area contributed by atoms with Crippen LogP contribution in [0, 0.1) is 6.92 Å². The fraction of sp³-hybridized carbons (Fsp3) is 0.375. The van der Waals surface area contributed by atoms with Crippen LogP contribution in [0.5, 0.6) is 0 Å². The van der Waals surface area contributed by atoms with Gasteiger partial charge in [0.2, 0.25) is 11.8 Å². The van der Waals surface area contributed by atoms with Crippen LogP contribution in [-0.4, -0.2) is 28.8 Å². The van der Waals surface area contributed by atoms with Gasteiger partial charge in [-0.05, 0) is 48.4 Å². The predicted molar refractivity (Wildman–Crippen MR) is 145 cm³/mol. The SMILES string of the molecule is Cc1ccccc1CN(C(=O)CCc1ccccc1)[C@H](Cc1ccccc1)C(=O)NC1CCCCC1. The first kappa shape index (κ1) is 25.7. The largest absolute Gasteiger partial charge is 0.352 e. The second-order valence-electron chi connectivity index (χ2n) is 9.98. The van der Waals surface area contributed by atoms with Crippen molar-refractivity contribution in [3.05, 3.63) is 107 Å². The monoisotopic (exact) mass is 482 g/mol. The first-order chi connectivity index (χ1) is 17.6. The molecule has 0 unspecified atom stereocenters. The number of rotatable bonds is 10. The summed E-state index contributed by atoms with van der Waals surface area (Å²) in [4.78, 5) is 29.4. The molecule has 3 aromatic carbocycles. The third kappa shape index (κ3) is 7.30. The van der Waals surface area contributed by atoms with Crippen molar-refractivity contribution in [2.75, 3.05) is 0 Å². The van der Waals surface area contributed by atoms with Gasteiger partial charge >= 0.3 is 0 Å². The summed E-state index contributed by atoms with van der Waals surface area (Å²) >= 11 is 0. The molecule has 1 N–H and O–H groups in total. The van der Waals surface area contributed by atoms with Crippen LogP contribution in [0.15, 0.2) is 84.9 Å². The molecule has 0 aromatic heterocycles. The molecule has 0 heterocycles. The predicted octanol–water partition coefficient (Wildman–Crippen LogP) is 6.02. The maximum atomic E-state index is 13.8. The minimum atomic E-state index is -0.558. The number of carbonyl (C=O) groups excluding carboxylic acids is 2. The van der Waals surface area contributed by atoms with Gasteiger partial charge < -0.3 is 10.2 Å². The molecule has 1 fully saturated rings. The van der Waals surface area contributed by atoms with Crippen molar-refractivity contribution in [1.29, 1.82) is 0 Å². The molecule has 3 aromatic rings. The Bertz CT molecular complexity index is 1110. The molecule has 36 heavy (non-hydrogen) atoms. The Balaban J connectivity index is 1.61. The van der Waals surface area contributed by atoms with E-state index < -0.39 is 6.04 Å². The lowest BCUT2D eigenvalue weighted by Gasteiger charge is -2.34. The van der Waals surface area contributed by atoms with Crippen LogP contribution in [0.2, 0.25) is 0 Å². The average Bonchev–Trinajstić information content (AvgIpc) is 2.92. The van der Waals surface area contributed by atoms with E-state index in [9.17, 15) is 9.59 Å². The number of amides is 2. The molecule has 0 spiro atoms. The fourth-order valence-corrected chi connectivity index (χ4v) is 5.11. The van der Waals surface area contributed by atoms with Gasteiger partial charge in [-0.15, -0.1) is 0 Å². The lowest BCUT2D eigenvalue weighted by molar-refractivity contribution is -0.141. The van der Waals surface area contributed by atoms with Crippen LogP contribution in [0.3, 0.4) is 0 Å². The lowest BCUT2D eigenvalue weighted by atomic mass is 9.94. The summed E-state index contributed by atoms with van der Waals surface area (Å²) in [6, 6.07) is 27.9. The molecule has 1 atom stereocenters. The number of nitrogens with one attached hydrogen (secondary N) is 1. The molecule has 2 amide bonds. The zero-order valence-electron chi connectivity index (χ0n) is 21.4. The van der Waals surface area contributed by atoms with E-state index in [0.717, 1.165) is 47.9 Å². The van der Waals surface area contributed by atoms with E-state index in [2.05, 4.69) is 36.5 Å². The first-order valence-electron chi connectivity index (χ1n) is 13.3. The molecule has 4 heteroatoms. The molecule has 0 bridgehead atoms. The molecule has 4 nitrogen and oxygen atoms in total. The average molecular weight is 483 g/mol. The number of nitrogens with zero attached hydrogens (tertiary/aromatic N) is 1. The van der Waals surface area contributed by atoms with E-state index in [0.29, 0.717) is 25.8 Å². The second kappa shape index (κ2) is 13.1. The van der Waals surface area contributed by atoms with Crippen LogP contribution in [0.4, 0.5) is 0 Å². The fourth-order valence-electron chi connectivity index (χ4n) is 5.11. The smallest absolute Gasteiger partial charge is 0.243 e. The molecule has 1 saturated carbocycles. The Hall–Kier alpha value is -3.40. The van der Waals surface area contributed by atoms with Crippen molar-refractivity contribution in [2.24, 2.45) is 0 Å². The van der Waals surface area contributed by atoms with Gasteiger partial charge in [0.25, 0.3) is 0 Å². The van der Waals surface area contributed by atoms with Gasteiger partial charge in [-0.1, -0.05) is 104 Å². The molecule has 0 radical (unpaired) electrons. The van der Waals surface area contributed by atoms with Crippen molar-refractivity contribution in [1.82, 2.24) is 10.2 Å². The third-order valence-corrected chi connectivity index (χ3v) is 7.29. The second-order valence-corrected chi connectivity index (χ2v) is 9.98. The minimum absolute atomic E-state index is 0.0156. The Morgan fingerprint density at radius 1 is 0.833 bits per heavy atom. The summed E-state index contributed by atoms with van der Waals surface area (Å²) in [5.74, 6) is -0.0192.